The maximum Gasteiger partial charge on any atom is 0.270 e. The van der Waals surface area contributed by atoms with E-state index < -0.39 is 4.92 Å². The Labute approximate surface area is 191 Å². The number of hydrogen-bond acceptors (Lipinski definition) is 6. The highest BCUT2D eigenvalue weighted by atomic mass is 16.6. The second kappa shape index (κ2) is 8.18. The predicted molar refractivity (Wildman–Crippen MR) is 123 cm³/mol. The molecule has 0 amide bonds. The van der Waals surface area contributed by atoms with Gasteiger partial charge in [0.05, 0.1) is 16.1 Å². The van der Waals surface area contributed by atoms with Crippen molar-refractivity contribution in [1.29, 1.82) is 0 Å². The topological polar surface area (TPSA) is 81.9 Å². The third-order valence-corrected chi connectivity index (χ3v) is 6.16. The summed E-state index contributed by atoms with van der Waals surface area (Å²) in [6.07, 6.45) is 1.55. The van der Waals surface area contributed by atoms with Crippen LogP contribution >= 0.6 is 0 Å². The number of Topliss-reactive ketones (excluding diaryl/α,β-unsaturated/α-hetero) is 1. The molecule has 5 rings (SSSR count). The molecular formula is C26H22N2O5. The summed E-state index contributed by atoms with van der Waals surface area (Å²) < 4.78 is 12.1. The largest absolute Gasteiger partial charge is 0.478 e. The van der Waals surface area contributed by atoms with E-state index in [1.165, 1.54) is 17.7 Å². The molecule has 7 nitrogen and oxygen atoms in total. The van der Waals surface area contributed by atoms with Gasteiger partial charge in [-0.1, -0.05) is 42.5 Å². The van der Waals surface area contributed by atoms with Crippen molar-refractivity contribution in [2.75, 3.05) is 6.73 Å². The maximum absolute atomic E-state index is 13.2. The smallest absolute Gasteiger partial charge is 0.270 e. The number of fused-ring (bicyclic) bond motifs is 3. The minimum absolute atomic E-state index is 0.0418. The molecule has 2 aliphatic rings. The Morgan fingerprint density at radius 2 is 1.91 bits per heavy atom. The Hall–Kier alpha value is -3.97. The number of ether oxygens (including phenoxy) is 2. The average Bonchev–Trinajstić information content (AvgIpc) is 3.16. The monoisotopic (exact) mass is 442 g/mol. The first-order chi connectivity index (χ1) is 15.9. The highest BCUT2D eigenvalue weighted by molar-refractivity contribution is 6.15. The van der Waals surface area contributed by atoms with Crippen LogP contribution in [-0.2, 0) is 6.54 Å². The lowest BCUT2D eigenvalue weighted by molar-refractivity contribution is -0.384. The molecule has 0 aliphatic carbocycles. The first kappa shape index (κ1) is 20.9. The Morgan fingerprint density at radius 3 is 2.67 bits per heavy atom. The van der Waals surface area contributed by atoms with Gasteiger partial charge in [-0.3, -0.25) is 19.8 Å². The molecule has 0 N–H and O–H groups in total. The van der Waals surface area contributed by atoms with Crippen molar-refractivity contribution < 1.29 is 19.2 Å². The standard InChI is InChI=1S/C26H22N2O5/c1-16-11-22-21(14-27(15-32-22)17(2)19-8-4-3-5-9-19)26-24(16)25(29)23(33-26)13-18-7-6-10-20(12-18)28(30)31/h3-13,17H,14-15H2,1-2H3/b23-13-. The number of carbonyl (C=O) groups excluding carboxylic acids is 1. The van der Waals surface area contributed by atoms with Crippen LogP contribution in [0, 0.1) is 17.0 Å². The molecule has 1 atom stereocenters. The minimum atomic E-state index is -0.464. The molecule has 7 heteroatoms. The van der Waals surface area contributed by atoms with Gasteiger partial charge in [-0.05, 0) is 42.7 Å². The number of allylic oxidation sites excluding steroid dienone is 1. The molecule has 0 radical (unpaired) electrons. The number of aryl methyl sites for hydroxylation is 1. The summed E-state index contributed by atoms with van der Waals surface area (Å²) in [6.45, 7) is 4.99. The molecule has 3 aromatic rings. The number of rotatable bonds is 4. The number of ketones is 1. The van der Waals surface area contributed by atoms with Crippen LogP contribution in [0.3, 0.4) is 0 Å². The summed E-state index contributed by atoms with van der Waals surface area (Å²) in [7, 11) is 0. The minimum Gasteiger partial charge on any atom is -0.478 e. The van der Waals surface area contributed by atoms with E-state index in [1.807, 2.05) is 31.2 Å². The van der Waals surface area contributed by atoms with E-state index >= 15 is 0 Å². The highest BCUT2D eigenvalue weighted by Crippen LogP contribution is 2.45. The van der Waals surface area contributed by atoms with Gasteiger partial charge in [-0.15, -0.1) is 0 Å². The number of carbonyl (C=O) groups is 1. The molecule has 0 spiro atoms. The summed E-state index contributed by atoms with van der Waals surface area (Å²) in [6, 6.07) is 18.3. The summed E-state index contributed by atoms with van der Waals surface area (Å²) >= 11 is 0. The fourth-order valence-corrected chi connectivity index (χ4v) is 4.32. The van der Waals surface area contributed by atoms with Crippen molar-refractivity contribution >= 4 is 17.5 Å². The molecule has 0 fully saturated rings. The van der Waals surface area contributed by atoms with Gasteiger partial charge in [0.25, 0.3) is 5.69 Å². The van der Waals surface area contributed by atoms with Crippen LogP contribution in [0.4, 0.5) is 5.69 Å². The summed E-state index contributed by atoms with van der Waals surface area (Å²) in [5, 5.41) is 11.1. The molecule has 0 aromatic heterocycles. The van der Waals surface area contributed by atoms with Gasteiger partial charge in [-0.2, -0.15) is 0 Å². The summed E-state index contributed by atoms with van der Waals surface area (Å²) in [5.74, 6) is 1.14. The van der Waals surface area contributed by atoms with Crippen molar-refractivity contribution in [3.63, 3.8) is 0 Å². The van der Waals surface area contributed by atoms with Crippen LogP contribution in [0.1, 0.15) is 45.6 Å². The van der Waals surface area contributed by atoms with Gasteiger partial charge in [0.15, 0.2) is 5.76 Å². The van der Waals surface area contributed by atoms with E-state index in [1.54, 1.807) is 18.2 Å². The van der Waals surface area contributed by atoms with E-state index in [4.69, 9.17) is 9.47 Å². The third kappa shape index (κ3) is 3.76. The molecule has 3 aromatic carbocycles. The number of nitro groups is 1. The van der Waals surface area contributed by atoms with Crippen molar-refractivity contribution in [2.45, 2.75) is 26.4 Å². The number of hydrogen-bond donors (Lipinski definition) is 0. The molecule has 33 heavy (non-hydrogen) atoms. The number of nitrogens with zero attached hydrogens (tertiary/aromatic N) is 2. The Kier molecular flexibility index (Phi) is 5.18. The summed E-state index contributed by atoms with van der Waals surface area (Å²) in [4.78, 5) is 26.0. The first-order valence-corrected chi connectivity index (χ1v) is 10.7. The van der Waals surface area contributed by atoms with E-state index in [0.29, 0.717) is 35.9 Å². The molecule has 1 unspecified atom stereocenters. The van der Waals surface area contributed by atoms with Crippen LogP contribution in [0.25, 0.3) is 6.08 Å². The zero-order valence-electron chi connectivity index (χ0n) is 18.3. The van der Waals surface area contributed by atoms with Crippen molar-refractivity contribution in [3.8, 4) is 11.5 Å². The molecule has 2 aliphatic heterocycles. The van der Waals surface area contributed by atoms with Gasteiger partial charge >= 0.3 is 0 Å². The average molecular weight is 442 g/mol. The van der Waals surface area contributed by atoms with Crippen molar-refractivity contribution in [3.05, 3.63) is 104 Å². The quantitative estimate of drug-likeness (QED) is 0.304. The van der Waals surface area contributed by atoms with Gasteiger partial charge < -0.3 is 9.47 Å². The Bertz CT molecular complexity index is 1300. The van der Waals surface area contributed by atoms with Gasteiger partial charge in [0.1, 0.15) is 18.2 Å². The van der Waals surface area contributed by atoms with E-state index in [9.17, 15) is 14.9 Å². The van der Waals surface area contributed by atoms with Crippen LogP contribution in [0.15, 0.2) is 66.4 Å². The lowest BCUT2D eigenvalue weighted by Gasteiger charge is -2.34. The van der Waals surface area contributed by atoms with Crippen molar-refractivity contribution in [1.82, 2.24) is 4.90 Å². The van der Waals surface area contributed by atoms with Crippen molar-refractivity contribution in [2.24, 2.45) is 0 Å². The van der Waals surface area contributed by atoms with Crippen LogP contribution < -0.4 is 9.47 Å². The molecular weight excluding hydrogens is 420 g/mol. The second-order valence-electron chi connectivity index (χ2n) is 8.27. The van der Waals surface area contributed by atoms with E-state index in [2.05, 4.69) is 24.0 Å². The molecule has 2 heterocycles. The molecule has 0 bridgehead atoms. The van der Waals surface area contributed by atoms with Gasteiger partial charge in [0.2, 0.25) is 5.78 Å². The van der Waals surface area contributed by atoms with E-state index in [0.717, 1.165) is 11.1 Å². The third-order valence-electron chi connectivity index (χ3n) is 6.16. The lowest BCUT2D eigenvalue weighted by Crippen LogP contribution is -2.34. The fraction of sp³-hybridized carbons (Fsp3) is 0.192. The number of nitro benzene ring substituents is 1. The number of benzene rings is 3. The lowest BCUT2D eigenvalue weighted by atomic mass is 9.98. The first-order valence-electron chi connectivity index (χ1n) is 10.7. The van der Waals surface area contributed by atoms with Crippen LogP contribution in [0.2, 0.25) is 0 Å². The SMILES string of the molecule is Cc1cc2c(c3c1C(=O)/C(=C/c1cccc([N+](=O)[O-])c1)O3)CN(C(C)c1ccccc1)CO2. The van der Waals surface area contributed by atoms with E-state index in [-0.39, 0.29) is 23.3 Å². The molecule has 0 saturated heterocycles. The van der Waals surface area contributed by atoms with Gasteiger partial charge in [-0.25, -0.2) is 0 Å². The normalized spacial score (nSPS) is 17.2. The zero-order valence-corrected chi connectivity index (χ0v) is 18.3. The highest BCUT2D eigenvalue weighted by Gasteiger charge is 2.36. The van der Waals surface area contributed by atoms with Crippen LogP contribution in [-0.4, -0.2) is 22.3 Å². The Balaban J connectivity index is 1.49. The summed E-state index contributed by atoms with van der Waals surface area (Å²) in [5.41, 5.74) is 3.79. The maximum atomic E-state index is 13.2. The zero-order chi connectivity index (χ0) is 23.1. The second-order valence-corrected chi connectivity index (χ2v) is 8.27. The van der Waals surface area contributed by atoms with Gasteiger partial charge in [0, 0.05) is 24.7 Å². The van der Waals surface area contributed by atoms with Crippen LogP contribution in [0.5, 0.6) is 11.5 Å². The Morgan fingerprint density at radius 1 is 1.12 bits per heavy atom. The fourth-order valence-electron chi connectivity index (χ4n) is 4.32. The number of non-ortho nitro benzene ring substituents is 1. The predicted octanol–water partition coefficient (Wildman–Crippen LogP) is 5.43. The molecule has 166 valence electrons. The molecule has 0 saturated carbocycles.